The summed E-state index contributed by atoms with van der Waals surface area (Å²) in [5, 5.41) is 5.67. The number of nitrogens with one attached hydrogen (secondary N) is 2. The van der Waals surface area contributed by atoms with Crippen LogP contribution >= 0.6 is 0 Å². The maximum Gasteiger partial charge on any atom is 0.233 e. The van der Waals surface area contributed by atoms with E-state index in [1.54, 1.807) is 19.4 Å². The monoisotopic (exact) mass is 193 g/mol. The van der Waals surface area contributed by atoms with Crippen LogP contribution in [0.2, 0.25) is 0 Å². The molecule has 0 spiro atoms. The van der Waals surface area contributed by atoms with Crippen LogP contribution in [0.25, 0.3) is 0 Å². The van der Waals surface area contributed by atoms with Gasteiger partial charge >= 0.3 is 0 Å². The molecule has 0 aliphatic heterocycles. The zero-order chi connectivity index (χ0) is 10.4. The van der Waals surface area contributed by atoms with E-state index in [2.05, 4.69) is 15.6 Å². The molecule has 0 fully saturated rings. The quantitative estimate of drug-likeness (QED) is 0.731. The highest BCUT2D eigenvalue weighted by Gasteiger charge is 2.05. The lowest BCUT2D eigenvalue weighted by Crippen LogP contribution is -2.32. The van der Waals surface area contributed by atoms with Crippen molar-refractivity contribution in [3.63, 3.8) is 0 Å². The Kier molecular flexibility index (Phi) is 4.07. The first kappa shape index (κ1) is 10.7. The molecule has 0 bridgehead atoms. The Hall–Kier alpha value is -1.42. The fourth-order valence-corrected chi connectivity index (χ4v) is 1.10. The number of likely N-dealkylation sites (N-methyl/N-ethyl adjacent to an activating group) is 1. The second kappa shape index (κ2) is 5.34. The summed E-state index contributed by atoms with van der Waals surface area (Å²) in [4.78, 5) is 14.9. The molecule has 1 atom stereocenters. The van der Waals surface area contributed by atoms with E-state index in [1.165, 1.54) is 0 Å². The molecule has 0 saturated heterocycles. The van der Waals surface area contributed by atoms with Crippen LogP contribution in [0.5, 0.6) is 0 Å². The smallest absolute Gasteiger partial charge is 0.233 e. The van der Waals surface area contributed by atoms with Crippen LogP contribution in [0.3, 0.4) is 0 Å². The molecule has 2 N–H and O–H groups in total. The van der Waals surface area contributed by atoms with Crippen molar-refractivity contribution in [2.75, 3.05) is 13.6 Å². The van der Waals surface area contributed by atoms with Crippen LogP contribution in [-0.2, 0) is 4.79 Å². The molecule has 1 heterocycles. The third kappa shape index (κ3) is 3.14. The SMILES string of the molecule is CNC(=O)CNC(C)c1ccncc1. The third-order valence-electron chi connectivity index (χ3n) is 2.05. The summed E-state index contributed by atoms with van der Waals surface area (Å²) >= 11 is 0. The number of carbonyl (C=O) groups is 1. The number of amides is 1. The minimum Gasteiger partial charge on any atom is -0.358 e. The summed E-state index contributed by atoms with van der Waals surface area (Å²) in [6.45, 7) is 2.35. The standard InChI is InChI=1S/C10H15N3O/c1-8(13-7-10(14)11-2)9-3-5-12-6-4-9/h3-6,8,13H,7H2,1-2H3,(H,11,14). The number of rotatable bonds is 4. The molecule has 0 saturated carbocycles. The molecule has 4 nitrogen and oxygen atoms in total. The van der Waals surface area contributed by atoms with Crippen LogP contribution in [0.1, 0.15) is 18.5 Å². The van der Waals surface area contributed by atoms with Gasteiger partial charge in [0.25, 0.3) is 0 Å². The first-order valence-electron chi connectivity index (χ1n) is 4.58. The van der Waals surface area contributed by atoms with Gasteiger partial charge in [-0.25, -0.2) is 0 Å². The average molecular weight is 193 g/mol. The molecule has 1 aromatic heterocycles. The van der Waals surface area contributed by atoms with Crippen molar-refractivity contribution in [2.24, 2.45) is 0 Å². The zero-order valence-corrected chi connectivity index (χ0v) is 8.45. The molecule has 0 aliphatic rings. The minimum atomic E-state index is -0.00842. The topological polar surface area (TPSA) is 54.0 Å². The Bertz CT molecular complexity index is 287. The lowest BCUT2D eigenvalue weighted by molar-refractivity contribution is -0.119. The maximum absolute atomic E-state index is 11.0. The van der Waals surface area contributed by atoms with E-state index in [1.807, 2.05) is 19.1 Å². The first-order valence-corrected chi connectivity index (χ1v) is 4.58. The molecule has 0 aliphatic carbocycles. The predicted octanol–water partition coefficient (Wildman–Crippen LogP) is 0.478. The highest BCUT2D eigenvalue weighted by molar-refractivity contribution is 5.77. The molecule has 0 radical (unpaired) electrons. The molecule has 14 heavy (non-hydrogen) atoms. The number of hydrogen-bond donors (Lipinski definition) is 2. The van der Waals surface area contributed by atoms with Crippen molar-refractivity contribution < 1.29 is 4.79 Å². The Labute approximate surface area is 83.7 Å². The van der Waals surface area contributed by atoms with Crippen LogP contribution < -0.4 is 10.6 Å². The van der Waals surface area contributed by atoms with Gasteiger partial charge in [0, 0.05) is 25.5 Å². The molecule has 76 valence electrons. The van der Waals surface area contributed by atoms with E-state index in [0.29, 0.717) is 6.54 Å². The van der Waals surface area contributed by atoms with Gasteiger partial charge in [0.15, 0.2) is 0 Å². The van der Waals surface area contributed by atoms with E-state index in [0.717, 1.165) is 5.56 Å². The van der Waals surface area contributed by atoms with E-state index in [-0.39, 0.29) is 11.9 Å². The lowest BCUT2D eigenvalue weighted by atomic mass is 10.1. The van der Waals surface area contributed by atoms with Gasteiger partial charge in [-0.05, 0) is 24.6 Å². The van der Waals surface area contributed by atoms with Crippen LogP contribution in [-0.4, -0.2) is 24.5 Å². The highest BCUT2D eigenvalue weighted by atomic mass is 16.1. The van der Waals surface area contributed by atoms with Gasteiger partial charge in [-0.1, -0.05) is 0 Å². The molecular formula is C10H15N3O. The van der Waals surface area contributed by atoms with Crippen molar-refractivity contribution >= 4 is 5.91 Å². The molecular weight excluding hydrogens is 178 g/mol. The molecule has 1 amide bonds. The maximum atomic E-state index is 11.0. The summed E-state index contributed by atoms with van der Waals surface area (Å²) in [5.74, 6) is -0.00842. The Morgan fingerprint density at radius 2 is 2.14 bits per heavy atom. The van der Waals surface area contributed by atoms with E-state index < -0.39 is 0 Å². The molecule has 4 heteroatoms. The summed E-state index contributed by atoms with van der Waals surface area (Å²) < 4.78 is 0. The largest absolute Gasteiger partial charge is 0.358 e. The van der Waals surface area contributed by atoms with Gasteiger partial charge in [-0.2, -0.15) is 0 Å². The average Bonchev–Trinajstić information content (AvgIpc) is 2.26. The fourth-order valence-electron chi connectivity index (χ4n) is 1.10. The predicted molar refractivity (Wildman–Crippen MR) is 54.7 cm³/mol. The summed E-state index contributed by atoms with van der Waals surface area (Å²) in [7, 11) is 1.63. The lowest BCUT2D eigenvalue weighted by Gasteiger charge is -2.12. The first-order chi connectivity index (χ1) is 6.74. The second-order valence-electron chi connectivity index (χ2n) is 3.06. The van der Waals surface area contributed by atoms with E-state index in [9.17, 15) is 4.79 Å². The fraction of sp³-hybridized carbons (Fsp3) is 0.400. The normalized spacial score (nSPS) is 12.1. The van der Waals surface area contributed by atoms with Crippen molar-refractivity contribution in [1.29, 1.82) is 0 Å². The van der Waals surface area contributed by atoms with Crippen LogP contribution in [0.4, 0.5) is 0 Å². The Balaban J connectivity index is 2.43. The molecule has 1 aromatic rings. The number of nitrogens with zero attached hydrogens (tertiary/aromatic N) is 1. The number of hydrogen-bond acceptors (Lipinski definition) is 3. The van der Waals surface area contributed by atoms with Gasteiger partial charge in [-0.3, -0.25) is 9.78 Å². The van der Waals surface area contributed by atoms with Crippen molar-refractivity contribution in [3.8, 4) is 0 Å². The summed E-state index contributed by atoms with van der Waals surface area (Å²) in [6, 6.07) is 4.03. The second-order valence-corrected chi connectivity index (χ2v) is 3.06. The van der Waals surface area contributed by atoms with Crippen molar-refractivity contribution in [3.05, 3.63) is 30.1 Å². The van der Waals surface area contributed by atoms with Gasteiger partial charge < -0.3 is 10.6 Å². The van der Waals surface area contributed by atoms with Gasteiger partial charge in [0.05, 0.1) is 6.54 Å². The number of carbonyl (C=O) groups excluding carboxylic acids is 1. The Morgan fingerprint density at radius 1 is 1.50 bits per heavy atom. The van der Waals surface area contributed by atoms with Crippen molar-refractivity contribution in [1.82, 2.24) is 15.6 Å². The molecule has 1 unspecified atom stereocenters. The summed E-state index contributed by atoms with van der Waals surface area (Å²) in [6.07, 6.45) is 3.49. The van der Waals surface area contributed by atoms with Gasteiger partial charge in [0.1, 0.15) is 0 Å². The molecule has 1 rings (SSSR count). The van der Waals surface area contributed by atoms with E-state index in [4.69, 9.17) is 0 Å². The van der Waals surface area contributed by atoms with Crippen molar-refractivity contribution in [2.45, 2.75) is 13.0 Å². The summed E-state index contributed by atoms with van der Waals surface area (Å²) in [5.41, 5.74) is 1.13. The zero-order valence-electron chi connectivity index (χ0n) is 8.45. The van der Waals surface area contributed by atoms with E-state index >= 15 is 0 Å². The number of pyridine rings is 1. The molecule has 0 aromatic carbocycles. The van der Waals surface area contributed by atoms with Crippen LogP contribution in [0.15, 0.2) is 24.5 Å². The Morgan fingerprint density at radius 3 is 2.71 bits per heavy atom. The minimum absolute atomic E-state index is 0.00842. The van der Waals surface area contributed by atoms with Gasteiger partial charge in [-0.15, -0.1) is 0 Å². The number of aromatic nitrogens is 1. The highest BCUT2D eigenvalue weighted by Crippen LogP contribution is 2.08. The van der Waals surface area contributed by atoms with Crippen LogP contribution in [0, 0.1) is 0 Å². The third-order valence-corrected chi connectivity index (χ3v) is 2.05. The van der Waals surface area contributed by atoms with Gasteiger partial charge in [0.2, 0.25) is 5.91 Å².